The summed E-state index contributed by atoms with van der Waals surface area (Å²) in [5.74, 6) is 0. The molecule has 8 heteroatoms. The molecule has 5 nitrogen and oxygen atoms in total. The molecule has 0 unspecified atom stereocenters. The first-order valence-electron chi connectivity index (χ1n) is 5.31. The van der Waals surface area contributed by atoms with Gasteiger partial charge < -0.3 is 5.32 Å². The summed E-state index contributed by atoms with van der Waals surface area (Å²) >= 11 is 7.01. The van der Waals surface area contributed by atoms with Crippen LogP contribution in [-0.4, -0.2) is 13.4 Å². The van der Waals surface area contributed by atoms with Gasteiger partial charge in [0, 0.05) is 22.8 Å². The quantitative estimate of drug-likeness (QED) is 0.873. The van der Waals surface area contributed by atoms with Gasteiger partial charge in [-0.3, -0.25) is 0 Å². The van der Waals surface area contributed by atoms with Crippen LogP contribution >= 0.6 is 22.9 Å². The largest absolute Gasteiger partial charge is 0.336 e. The molecule has 0 bridgehead atoms. The number of thiazole rings is 1. The Bertz CT molecular complexity index is 760. The molecule has 0 saturated carbocycles. The molecule has 1 aromatic carbocycles. The van der Waals surface area contributed by atoms with Crippen molar-refractivity contribution in [3.8, 4) is 6.07 Å². The number of allylic oxidation sites excluding steroid dienone is 1. The molecular formula is C12H8ClN3O2S2. The van der Waals surface area contributed by atoms with Crippen LogP contribution in [0.5, 0.6) is 0 Å². The molecule has 0 fully saturated rings. The summed E-state index contributed by atoms with van der Waals surface area (Å²) in [5, 5.41) is 14.4. The summed E-state index contributed by atoms with van der Waals surface area (Å²) in [6, 6.07) is 7.29. The van der Waals surface area contributed by atoms with Gasteiger partial charge in [-0.2, -0.15) is 5.26 Å². The van der Waals surface area contributed by atoms with Crippen LogP contribution in [0.2, 0.25) is 5.02 Å². The van der Waals surface area contributed by atoms with Gasteiger partial charge in [0.05, 0.1) is 4.90 Å². The minimum Gasteiger partial charge on any atom is -0.336 e. The van der Waals surface area contributed by atoms with Gasteiger partial charge in [0.2, 0.25) is 9.84 Å². The second-order valence-electron chi connectivity index (χ2n) is 3.56. The first-order valence-corrected chi connectivity index (χ1v) is 8.05. The summed E-state index contributed by atoms with van der Waals surface area (Å²) in [4.78, 5) is 3.55. The molecule has 2 rings (SSSR count). The Morgan fingerprint density at radius 2 is 2.10 bits per heavy atom. The van der Waals surface area contributed by atoms with Crippen LogP contribution in [0.15, 0.2) is 51.8 Å². The zero-order chi connectivity index (χ0) is 14.6. The molecule has 1 N–H and O–H groups in total. The number of aromatic nitrogens is 1. The Morgan fingerprint density at radius 1 is 1.40 bits per heavy atom. The van der Waals surface area contributed by atoms with E-state index < -0.39 is 14.7 Å². The van der Waals surface area contributed by atoms with Gasteiger partial charge in [0.25, 0.3) is 0 Å². The van der Waals surface area contributed by atoms with E-state index in [-0.39, 0.29) is 4.90 Å². The van der Waals surface area contributed by atoms with Crippen molar-refractivity contribution < 1.29 is 8.42 Å². The van der Waals surface area contributed by atoms with Crippen molar-refractivity contribution in [2.75, 3.05) is 5.32 Å². The first-order chi connectivity index (χ1) is 9.54. The van der Waals surface area contributed by atoms with Crippen molar-refractivity contribution in [2.45, 2.75) is 4.90 Å². The molecule has 0 aliphatic rings. The van der Waals surface area contributed by atoms with Crippen LogP contribution < -0.4 is 5.32 Å². The van der Waals surface area contributed by atoms with Crippen molar-refractivity contribution in [1.29, 1.82) is 5.26 Å². The smallest absolute Gasteiger partial charge is 0.218 e. The van der Waals surface area contributed by atoms with Crippen LogP contribution in [-0.2, 0) is 9.84 Å². The monoisotopic (exact) mass is 325 g/mol. The van der Waals surface area contributed by atoms with E-state index in [4.69, 9.17) is 16.9 Å². The molecule has 0 spiro atoms. The van der Waals surface area contributed by atoms with E-state index >= 15 is 0 Å². The summed E-state index contributed by atoms with van der Waals surface area (Å²) < 4.78 is 24.5. The van der Waals surface area contributed by atoms with Crippen LogP contribution in [0.25, 0.3) is 0 Å². The highest BCUT2D eigenvalue weighted by molar-refractivity contribution is 7.95. The molecule has 102 valence electrons. The summed E-state index contributed by atoms with van der Waals surface area (Å²) in [7, 11) is -3.87. The summed E-state index contributed by atoms with van der Waals surface area (Å²) in [5.41, 5.74) is 0. The average Bonchev–Trinajstić information content (AvgIpc) is 2.93. The van der Waals surface area contributed by atoms with Gasteiger partial charge in [0.1, 0.15) is 6.07 Å². The third-order valence-corrected chi connectivity index (χ3v) is 4.92. The fraction of sp³-hybridized carbons (Fsp3) is 0. The number of nitrogens with zero attached hydrogens (tertiary/aromatic N) is 2. The predicted molar refractivity (Wildman–Crippen MR) is 78.1 cm³/mol. The van der Waals surface area contributed by atoms with Gasteiger partial charge in [0.15, 0.2) is 10.0 Å². The second-order valence-corrected chi connectivity index (χ2v) is 6.81. The Kier molecular flexibility index (Phi) is 4.39. The van der Waals surface area contributed by atoms with E-state index in [1.807, 2.05) is 0 Å². The van der Waals surface area contributed by atoms with E-state index in [9.17, 15) is 8.42 Å². The standard InChI is InChI=1S/C12H8ClN3O2S2/c13-9-1-3-10(4-2-9)20(17,18)11(7-14)8-16-12-15-5-6-19-12/h1-6,8H,(H,15,16)/b11-8+. The number of hydrogen-bond donors (Lipinski definition) is 1. The van der Waals surface area contributed by atoms with Crippen molar-refractivity contribution in [2.24, 2.45) is 0 Å². The lowest BCUT2D eigenvalue weighted by Crippen LogP contribution is -2.05. The summed E-state index contributed by atoms with van der Waals surface area (Å²) in [6.07, 6.45) is 2.70. The number of nitriles is 1. The van der Waals surface area contributed by atoms with Crippen LogP contribution in [0.3, 0.4) is 0 Å². The molecule has 0 atom stereocenters. The first kappa shape index (κ1) is 14.5. The number of halogens is 1. The predicted octanol–water partition coefficient (Wildman–Crippen LogP) is 3.05. The molecule has 20 heavy (non-hydrogen) atoms. The maximum Gasteiger partial charge on any atom is 0.218 e. The second kappa shape index (κ2) is 6.05. The van der Waals surface area contributed by atoms with E-state index in [2.05, 4.69) is 10.3 Å². The molecular weight excluding hydrogens is 318 g/mol. The third kappa shape index (κ3) is 3.17. The minimum atomic E-state index is -3.87. The maximum atomic E-state index is 12.2. The minimum absolute atomic E-state index is 0.00985. The molecule has 0 amide bonds. The Morgan fingerprint density at radius 3 is 2.65 bits per heavy atom. The van der Waals surface area contributed by atoms with Crippen molar-refractivity contribution in [1.82, 2.24) is 4.98 Å². The van der Waals surface area contributed by atoms with E-state index in [0.29, 0.717) is 10.2 Å². The molecule has 0 aliphatic carbocycles. The summed E-state index contributed by atoms with van der Waals surface area (Å²) in [6.45, 7) is 0. The van der Waals surface area contributed by atoms with Gasteiger partial charge in [-0.1, -0.05) is 11.6 Å². The lowest BCUT2D eigenvalue weighted by Gasteiger charge is -2.03. The Balaban J connectivity index is 2.33. The van der Waals surface area contributed by atoms with Gasteiger partial charge in [-0.25, -0.2) is 13.4 Å². The van der Waals surface area contributed by atoms with Gasteiger partial charge in [-0.05, 0) is 24.3 Å². The van der Waals surface area contributed by atoms with Crippen LogP contribution in [0, 0.1) is 11.3 Å². The highest BCUT2D eigenvalue weighted by Crippen LogP contribution is 2.21. The SMILES string of the molecule is N#C/C(=C\Nc1nccs1)S(=O)(=O)c1ccc(Cl)cc1. The van der Waals surface area contributed by atoms with E-state index in [1.54, 1.807) is 17.6 Å². The fourth-order valence-electron chi connectivity index (χ4n) is 1.33. The topological polar surface area (TPSA) is 82.8 Å². The molecule has 1 heterocycles. The molecule has 0 radical (unpaired) electrons. The zero-order valence-corrected chi connectivity index (χ0v) is 12.3. The Hall–Kier alpha value is -1.88. The number of nitrogens with one attached hydrogen (secondary N) is 1. The fourth-order valence-corrected chi connectivity index (χ4v) is 3.04. The lowest BCUT2D eigenvalue weighted by molar-refractivity contribution is 0.603. The molecule has 0 aliphatic heterocycles. The van der Waals surface area contributed by atoms with Crippen molar-refractivity contribution >= 4 is 37.9 Å². The Labute approximate surface area is 125 Å². The molecule has 1 aromatic heterocycles. The van der Waals surface area contributed by atoms with Crippen molar-refractivity contribution in [3.63, 3.8) is 0 Å². The number of sulfone groups is 1. The van der Waals surface area contributed by atoms with Gasteiger partial charge in [-0.15, -0.1) is 11.3 Å². The molecule has 2 aromatic rings. The third-order valence-electron chi connectivity index (χ3n) is 2.28. The van der Waals surface area contributed by atoms with Crippen LogP contribution in [0.1, 0.15) is 0 Å². The lowest BCUT2D eigenvalue weighted by atomic mass is 10.4. The number of rotatable bonds is 4. The maximum absolute atomic E-state index is 12.2. The molecule has 0 saturated heterocycles. The van der Waals surface area contributed by atoms with Crippen molar-refractivity contribution in [3.05, 3.63) is 52.0 Å². The van der Waals surface area contributed by atoms with Gasteiger partial charge >= 0.3 is 0 Å². The average molecular weight is 326 g/mol. The number of benzene rings is 1. The number of anilines is 1. The number of hydrogen-bond acceptors (Lipinski definition) is 6. The van der Waals surface area contributed by atoms with E-state index in [1.165, 1.54) is 35.6 Å². The zero-order valence-electron chi connectivity index (χ0n) is 9.95. The van der Waals surface area contributed by atoms with E-state index in [0.717, 1.165) is 6.20 Å². The highest BCUT2D eigenvalue weighted by atomic mass is 35.5. The highest BCUT2D eigenvalue weighted by Gasteiger charge is 2.20. The normalized spacial score (nSPS) is 11.9. The van der Waals surface area contributed by atoms with Crippen LogP contribution in [0.4, 0.5) is 5.13 Å².